The van der Waals surface area contributed by atoms with Crippen molar-refractivity contribution in [1.82, 2.24) is 9.71 Å². The van der Waals surface area contributed by atoms with Crippen LogP contribution in [0.15, 0.2) is 47.6 Å². The average molecular weight is 329 g/mol. The summed E-state index contributed by atoms with van der Waals surface area (Å²) in [5.74, 6) is -0.883. The van der Waals surface area contributed by atoms with Crippen LogP contribution in [0.3, 0.4) is 0 Å². The van der Waals surface area contributed by atoms with Gasteiger partial charge in [0.2, 0.25) is 5.03 Å². The van der Waals surface area contributed by atoms with Crippen LogP contribution in [0.25, 0.3) is 0 Å². The molecule has 1 N–H and O–H groups in total. The van der Waals surface area contributed by atoms with Gasteiger partial charge in [0.15, 0.2) is 5.82 Å². The monoisotopic (exact) mass is 328 g/mol. The maximum Gasteiger partial charge on any atom is 0.261 e. The fourth-order valence-corrected chi connectivity index (χ4v) is 3.43. The van der Waals surface area contributed by atoms with Gasteiger partial charge in [-0.05, 0) is 36.2 Å². The lowest BCUT2D eigenvalue weighted by Crippen LogP contribution is -2.29. The van der Waals surface area contributed by atoms with E-state index in [1.54, 1.807) is 24.3 Å². The van der Waals surface area contributed by atoms with E-state index >= 15 is 0 Å². The Bertz CT molecular complexity index is 737. The highest BCUT2D eigenvalue weighted by Gasteiger charge is 2.24. The second-order valence-electron chi connectivity index (χ2n) is 4.43. The Kier molecular flexibility index (Phi) is 4.92. The molecule has 0 aliphatic rings. The fourth-order valence-electron chi connectivity index (χ4n) is 1.92. The van der Waals surface area contributed by atoms with Gasteiger partial charge in [0.1, 0.15) is 0 Å². The lowest BCUT2D eigenvalue weighted by Gasteiger charge is -2.17. The molecule has 1 aromatic heterocycles. The molecule has 1 atom stereocenters. The number of rotatable bonds is 5. The summed E-state index contributed by atoms with van der Waals surface area (Å²) in [7, 11) is -4.04. The van der Waals surface area contributed by atoms with Crippen LogP contribution < -0.4 is 4.72 Å². The van der Waals surface area contributed by atoms with E-state index in [4.69, 9.17) is 11.6 Å². The molecule has 112 valence electrons. The summed E-state index contributed by atoms with van der Waals surface area (Å²) in [4.78, 5) is 3.60. The van der Waals surface area contributed by atoms with E-state index in [-0.39, 0.29) is 0 Å². The third-order valence-corrected chi connectivity index (χ3v) is 4.58. The standard InChI is InChI=1S/C14H14ClFN2O2S/c1-2-13(10-5-3-6-11(15)9-10)18-21(19,20)14-12(16)7-4-8-17-14/h3-9,13,18H,2H2,1H3. The lowest BCUT2D eigenvalue weighted by atomic mass is 10.1. The molecule has 2 aromatic rings. The minimum absolute atomic E-state index is 0.494. The molecule has 0 saturated carbocycles. The van der Waals surface area contributed by atoms with Gasteiger partial charge in [0.25, 0.3) is 10.0 Å². The van der Waals surface area contributed by atoms with Crippen molar-refractivity contribution in [1.29, 1.82) is 0 Å². The Balaban J connectivity index is 2.32. The van der Waals surface area contributed by atoms with E-state index in [9.17, 15) is 12.8 Å². The number of aromatic nitrogens is 1. The molecule has 0 radical (unpaired) electrons. The van der Waals surface area contributed by atoms with Crippen molar-refractivity contribution in [3.8, 4) is 0 Å². The summed E-state index contributed by atoms with van der Waals surface area (Å²) in [6, 6.07) is 8.75. The molecular weight excluding hydrogens is 315 g/mol. The van der Waals surface area contributed by atoms with Gasteiger partial charge in [-0.15, -0.1) is 0 Å². The third kappa shape index (κ3) is 3.78. The van der Waals surface area contributed by atoms with E-state index in [1.807, 2.05) is 6.92 Å². The van der Waals surface area contributed by atoms with Gasteiger partial charge < -0.3 is 0 Å². The normalized spacial score (nSPS) is 13.1. The molecule has 1 heterocycles. The van der Waals surface area contributed by atoms with Gasteiger partial charge in [-0.2, -0.15) is 0 Å². The molecule has 0 amide bonds. The van der Waals surface area contributed by atoms with Crippen LogP contribution in [0.5, 0.6) is 0 Å². The van der Waals surface area contributed by atoms with Crippen molar-refractivity contribution < 1.29 is 12.8 Å². The van der Waals surface area contributed by atoms with Gasteiger partial charge in [-0.25, -0.2) is 22.5 Å². The number of nitrogens with one attached hydrogen (secondary N) is 1. The number of hydrogen-bond acceptors (Lipinski definition) is 3. The van der Waals surface area contributed by atoms with Gasteiger partial charge in [-0.3, -0.25) is 0 Å². The zero-order valence-electron chi connectivity index (χ0n) is 11.3. The van der Waals surface area contributed by atoms with Gasteiger partial charge in [-0.1, -0.05) is 30.7 Å². The Hall–Kier alpha value is -1.50. The predicted molar refractivity (Wildman–Crippen MR) is 79.0 cm³/mol. The molecule has 21 heavy (non-hydrogen) atoms. The Labute approximate surface area is 128 Å². The molecule has 4 nitrogen and oxygen atoms in total. The molecule has 0 spiro atoms. The molecule has 0 saturated heterocycles. The molecule has 0 fully saturated rings. The van der Waals surface area contributed by atoms with Crippen molar-refractivity contribution in [3.05, 3.63) is 59.0 Å². The number of halogens is 2. The van der Waals surface area contributed by atoms with E-state index in [1.165, 1.54) is 12.3 Å². The van der Waals surface area contributed by atoms with Crippen LogP contribution in [0.4, 0.5) is 4.39 Å². The lowest BCUT2D eigenvalue weighted by molar-refractivity contribution is 0.526. The smallest absolute Gasteiger partial charge is 0.241 e. The number of pyridine rings is 1. The van der Waals surface area contributed by atoms with E-state index in [2.05, 4.69) is 9.71 Å². The summed E-state index contributed by atoms with van der Waals surface area (Å²) >= 11 is 5.91. The van der Waals surface area contributed by atoms with Crippen molar-refractivity contribution in [2.45, 2.75) is 24.4 Å². The van der Waals surface area contributed by atoms with E-state index in [0.717, 1.165) is 6.07 Å². The highest BCUT2D eigenvalue weighted by Crippen LogP contribution is 2.22. The summed E-state index contributed by atoms with van der Waals surface area (Å²) < 4.78 is 40.5. The first-order valence-corrected chi connectivity index (χ1v) is 8.18. The third-order valence-electron chi connectivity index (χ3n) is 2.94. The molecule has 0 bridgehead atoms. The average Bonchev–Trinajstić information content (AvgIpc) is 2.45. The minimum Gasteiger partial charge on any atom is -0.241 e. The predicted octanol–water partition coefficient (Wildman–Crippen LogP) is 3.30. The Morgan fingerprint density at radius 3 is 2.71 bits per heavy atom. The van der Waals surface area contributed by atoms with Gasteiger partial charge >= 0.3 is 0 Å². The fraction of sp³-hybridized carbons (Fsp3) is 0.214. The highest BCUT2D eigenvalue weighted by molar-refractivity contribution is 7.89. The van der Waals surface area contributed by atoms with Crippen molar-refractivity contribution in [3.63, 3.8) is 0 Å². The van der Waals surface area contributed by atoms with Crippen LogP contribution in [-0.2, 0) is 10.0 Å². The molecule has 2 rings (SSSR count). The van der Waals surface area contributed by atoms with Crippen molar-refractivity contribution in [2.75, 3.05) is 0 Å². The second-order valence-corrected chi connectivity index (χ2v) is 6.49. The maximum absolute atomic E-state index is 13.6. The van der Waals surface area contributed by atoms with Crippen LogP contribution in [0, 0.1) is 5.82 Å². The number of nitrogens with zero attached hydrogens (tertiary/aromatic N) is 1. The molecule has 1 unspecified atom stereocenters. The minimum atomic E-state index is -4.04. The summed E-state index contributed by atoms with van der Waals surface area (Å²) in [6.45, 7) is 1.82. The van der Waals surface area contributed by atoms with Crippen LogP contribution in [0.1, 0.15) is 24.9 Å². The van der Waals surface area contributed by atoms with Crippen molar-refractivity contribution >= 4 is 21.6 Å². The zero-order valence-corrected chi connectivity index (χ0v) is 12.8. The molecule has 1 aromatic carbocycles. The summed E-state index contributed by atoms with van der Waals surface area (Å²) in [5.41, 5.74) is 0.713. The number of benzene rings is 1. The Morgan fingerprint density at radius 1 is 1.33 bits per heavy atom. The largest absolute Gasteiger partial charge is 0.261 e. The zero-order chi connectivity index (χ0) is 15.5. The van der Waals surface area contributed by atoms with E-state index in [0.29, 0.717) is 17.0 Å². The molecule has 7 heteroatoms. The second kappa shape index (κ2) is 6.51. The topological polar surface area (TPSA) is 59.1 Å². The summed E-state index contributed by atoms with van der Waals surface area (Å²) in [5, 5.41) is -0.0976. The first kappa shape index (κ1) is 15.9. The van der Waals surface area contributed by atoms with Crippen molar-refractivity contribution in [2.24, 2.45) is 0 Å². The van der Waals surface area contributed by atoms with E-state index < -0.39 is 26.9 Å². The maximum atomic E-state index is 13.6. The molecule has 0 aliphatic heterocycles. The number of sulfonamides is 1. The molecular formula is C14H14ClFN2O2S. The van der Waals surface area contributed by atoms with Crippen LogP contribution >= 0.6 is 11.6 Å². The number of hydrogen-bond donors (Lipinski definition) is 1. The Morgan fingerprint density at radius 2 is 2.10 bits per heavy atom. The van der Waals surface area contributed by atoms with Gasteiger partial charge in [0.05, 0.1) is 0 Å². The first-order valence-electron chi connectivity index (χ1n) is 6.32. The summed E-state index contributed by atoms with van der Waals surface area (Å²) in [6.07, 6.45) is 1.73. The quantitative estimate of drug-likeness (QED) is 0.916. The highest BCUT2D eigenvalue weighted by atomic mass is 35.5. The van der Waals surface area contributed by atoms with Crippen LogP contribution in [0.2, 0.25) is 5.02 Å². The first-order chi connectivity index (χ1) is 9.94. The SMILES string of the molecule is CCC(NS(=O)(=O)c1ncccc1F)c1cccc(Cl)c1. The van der Waals surface area contributed by atoms with Crippen LogP contribution in [-0.4, -0.2) is 13.4 Å². The van der Waals surface area contributed by atoms with Gasteiger partial charge in [0, 0.05) is 17.3 Å². The molecule has 0 aliphatic carbocycles.